The number of ether oxygens (including phenoxy) is 1. The van der Waals surface area contributed by atoms with Gasteiger partial charge in [-0.1, -0.05) is 6.07 Å². The van der Waals surface area contributed by atoms with Crippen LogP contribution >= 0.6 is 0 Å². The molecule has 4 rings (SSSR count). The summed E-state index contributed by atoms with van der Waals surface area (Å²) in [6.45, 7) is 1.59. The fourth-order valence-corrected chi connectivity index (χ4v) is 5.21. The van der Waals surface area contributed by atoms with E-state index in [4.69, 9.17) is 4.74 Å². The number of alkyl halides is 1. The molecule has 0 unspecified atom stereocenters. The summed E-state index contributed by atoms with van der Waals surface area (Å²) in [5.41, 5.74) is 1.28. The summed E-state index contributed by atoms with van der Waals surface area (Å²) in [7, 11) is 1.56. The lowest BCUT2D eigenvalue weighted by atomic mass is 9.81. The molecule has 1 fully saturated rings. The molecule has 2 aromatic carbocycles. The Bertz CT molecular complexity index is 1190. The monoisotopic (exact) mass is 500 g/mol. The fraction of sp³-hybridized carbons (Fsp3) is 0.429. The molecule has 0 aliphatic carbocycles. The number of methoxy groups -OCH3 is 1. The molecule has 0 spiro atoms. The molecule has 0 amide bonds. The number of benzene rings is 2. The Morgan fingerprint density at radius 2 is 2.00 bits per heavy atom. The van der Waals surface area contributed by atoms with Crippen LogP contribution in [-0.4, -0.2) is 47.7 Å². The number of carbonyl (C=O) groups is 1. The molecular weight excluding hydrogens is 469 g/mol. The van der Waals surface area contributed by atoms with Crippen molar-refractivity contribution in [1.82, 2.24) is 9.88 Å². The van der Waals surface area contributed by atoms with Gasteiger partial charge in [-0.05, 0) is 93.1 Å². The van der Waals surface area contributed by atoms with Crippen LogP contribution in [0.15, 0.2) is 48.7 Å². The van der Waals surface area contributed by atoms with Gasteiger partial charge in [0, 0.05) is 23.7 Å². The zero-order chi connectivity index (χ0) is 25.7. The molecule has 1 N–H and O–H groups in total. The highest BCUT2D eigenvalue weighted by Gasteiger charge is 2.34. The lowest BCUT2D eigenvalue weighted by molar-refractivity contribution is -0.146. The predicted octanol–water partition coefficient (Wildman–Crippen LogP) is 5.97. The van der Waals surface area contributed by atoms with E-state index in [2.05, 4.69) is 4.98 Å². The van der Waals surface area contributed by atoms with Gasteiger partial charge in [-0.15, -0.1) is 0 Å². The maximum absolute atomic E-state index is 15.4. The number of nitrogens with zero attached hydrogens (tertiary/aromatic N) is 2. The van der Waals surface area contributed by atoms with Crippen LogP contribution in [0.25, 0.3) is 10.9 Å². The highest BCUT2D eigenvalue weighted by molar-refractivity contribution is 5.83. The van der Waals surface area contributed by atoms with Crippen LogP contribution in [0.2, 0.25) is 0 Å². The average molecular weight is 501 g/mol. The Labute approximate surface area is 208 Å². The Kier molecular flexibility index (Phi) is 8.46. The van der Waals surface area contributed by atoms with E-state index < -0.39 is 29.7 Å². The summed E-state index contributed by atoms with van der Waals surface area (Å²) in [6, 6.07) is 10.8. The maximum Gasteiger partial charge on any atom is 0.308 e. The van der Waals surface area contributed by atoms with Crippen molar-refractivity contribution in [3.8, 4) is 5.75 Å². The van der Waals surface area contributed by atoms with Crippen molar-refractivity contribution >= 4 is 16.9 Å². The standard InChI is InChI=1S/C28H31F3N2O3/c1-36-19-8-10-27-22(16-19)20(11-13-32-27)26(31)9-7-18-12-15-33(17-23(18)28(34)35)14-3-4-21-24(29)5-2-6-25(21)30/h2,5-6,8,10-11,13,16,18,23,26H,3-4,7,9,12,14-15,17H2,1H3,(H,34,35)/t18-,23+,26+/m1/s1. The third-order valence-corrected chi connectivity index (χ3v) is 7.23. The van der Waals surface area contributed by atoms with E-state index in [1.807, 2.05) is 4.90 Å². The van der Waals surface area contributed by atoms with E-state index in [1.54, 1.807) is 37.6 Å². The van der Waals surface area contributed by atoms with Gasteiger partial charge in [-0.3, -0.25) is 9.78 Å². The summed E-state index contributed by atoms with van der Waals surface area (Å²) < 4.78 is 48.4. The van der Waals surface area contributed by atoms with E-state index in [-0.39, 0.29) is 24.3 Å². The number of halogens is 3. The molecule has 36 heavy (non-hydrogen) atoms. The number of pyridine rings is 1. The summed E-state index contributed by atoms with van der Waals surface area (Å²) in [5.74, 6) is -2.12. The van der Waals surface area contributed by atoms with Crippen molar-refractivity contribution in [2.45, 2.75) is 38.3 Å². The molecule has 1 aliphatic rings. The second kappa shape index (κ2) is 11.7. The molecule has 8 heteroatoms. The van der Waals surface area contributed by atoms with Crippen LogP contribution in [0.5, 0.6) is 5.75 Å². The van der Waals surface area contributed by atoms with Crippen molar-refractivity contribution in [3.63, 3.8) is 0 Å². The maximum atomic E-state index is 15.4. The van der Waals surface area contributed by atoms with E-state index in [9.17, 15) is 18.7 Å². The first-order valence-electron chi connectivity index (χ1n) is 12.3. The number of aromatic nitrogens is 1. The van der Waals surface area contributed by atoms with Crippen LogP contribution in [-0.2, 0) is 11.2 Å². The molecule has 192 valence electrons. The van der Waals surface area contributed by atoms with Crippen molar-refractivity contribution in [3.05, 3.63) is 71.4 Å². The van der Waals surface area contributed by atoms with E-state index in [1.165, 1.54) is 18.2 Å². The molecule has 2 heterocycles. The number of rotatable bonds is 10. The van der Waals surface area contributed by atoms with Crippen LogP contribution in [0.3, 0.4) is 0 Å². The normalized spacial score (nSPS) is 19.3. The molecule has 3 aromatic rings. The summed E-state index contributed by atoms with van der Waals surface area (Å²) >= 11 is 0. The van der Waals surface area contributed by atoms with E-state index in [0.29, 0.717) is 61.1 Å². The zero-order valence-electron chi connectivity index (χ0n) is 20.3. The lowest BCUT2D eigenvalue weighted by Crippen LogP contribution is -2.44. The quantitative estimate of drug-likeness (QED) is 0.372. The molecule has 0 saturated carbocycles. The number of piperidine rings is 1. The fourth-order valence-electron chi connectivity index (χ4n) is 5.21. The lowest BCUT2D eigenvalue weighted by Gasteiger charge is -2.37. The SMILES string of the molecule is COc1ccc2nccc([C@@H](F)CC[C@@H]3CCN(CCCc4c(F)cccc4F)C[C@@H]3C(=O)O)c2c1. The molecule has 1 aliphatic heterocycles. The third-order valence-electron chi connectivity index (χ3n) is 7.23. The van der Waals surface area contributed by atoms with Gasteiger partial charge in [0.15, 0.2) is 0 Å². The first-order chi connectivity index (χ1) is 17.4. The number of hydrogen-bond donors (Lipinski definition) is 1. The van der Waals surface area contributed by atoms with Crippen molar-refractivity contribution < 1.29 is 27.8 Å². The molecule has 1 aromatic heterocycles. The van der Waals surface area contributed by atoms with Crippen molar-refractivity contribution in [2.24, 2.45) is 11.8 Å². The van der Waals surface area contributed by atoms with Gasteiger partial charge < -0.3 is 14.7 Å². The molecule has 0 radical (unpaired) electrons. The third kappa shape index (κ3) is 5.98. The van der Waals surface area contributed by atoms with Gasteiger partial charge in [0.05, 0.1) is 18.5 Å². The molecule has 1 saturated heterocycles. The Hall–Kier alpha value is -3.13. The van der Waals surface area contributed by atoms with Crippen LogP contribution in [0.4, 0.5) is 13.2 Å². The minimum atomic E-state index is -1.24. The van der Waals surface area contributed by atoms with E-state index >= 15 is 4.39 Å². The van der Waals surface area contributed by atoms with Gasteiger partial charge in [0.1, 0.15) is 23.6 Å². The second-order valence-electron chi connectivity index (χ2n) is 9.43. The van der Waals surface area contributed by atoms with Crippen molar-refractivity contribution in [1.29, 1.82) is 0 Å². The second-order valence-corrected chi connectivity index (χ2v) is 9.43. The number of fused-ring (bicyclic) bond motifs is 1. The number of aliphatic carboxylic acids is 1. The number of carboxylic acids is 1. The molecule has 5 nitrogen and oxygen atoms in total. The summed E-state index contributed by atoms with van der Waals surface area (Å²) in [5, 5.41) is 10.5. The molecular formula is C28H31F3N2O3. The smallest absolute Gasteiger partial charge is 0.308 e. The zero-order valence-corrected chi connectivity index (χ0v) is 20.3. The van der Waals surface area contributed by atoms with E-state index in [0.717, 1.165) is 0 Å². The number of likely N-dealkylation sites (tertiary alicyclic amines) is 1. The first kappa shape index (κ1) is 25.9. The Morgan fingerprint density at radius 3 is 2.72 bits per heavy atom. The minimum absolute atomic E-state index is 0.0671. The topological polar surface area (TPSA) is 62.7 Å². The minimum Gasteiger partial charge on any atom is -0.497 e. The van der Waals surface area contributed by atoms with Crippen molar-refractivity contribution in [2.75, 3.05) is 26.7 Å². The molecule has 3 atom stereocenters. The van der Waals surface area contributed by atoms with Crippen LogP contribution in [0.1, 0.15) is 43.0 Å². The summed E-state index contributed by atoms with van der Waals surface area (Å²) in [6.07, 6.45) is 2.44. The Morgan fingerprint density at radius 1 is 1.22 bits per heavy atom. The average Bonchev–Trinajstić information content (AvgIpc) is 2.88. The van der Waals surface area contributed by atoms with Gasteiger partial charge in [0.2, 0.25) is 0 Å². The predicted molar refractivity (Wildman–Crippen MR) is 132 cm³/mol. The number of carboxylic acid groups (broad SMARTS) is 1. The van der Waals surface area contributed by atoms with Gasteiger partial charge in [-0.25, -0.2) is 13.2 Å². The molecule has 0 bridgehead atoms. The number of hydrogen-bond acceptors (Lipinski definition) is 4. The van der Waals surface area contributed by atoms with Crippen LogP contribution < -0.4 is 4.74 Å². The van der Waals surface area contributed by atoms with Gasteiger partial charge in [0.25, 0.3) is 0 Å². The first-order valence-corrected chi connectivity index (χ1v) is 12.3. The highest BCUT2D eigenvalue weighted by Crippen LogP contribution is 2.35. The van der Waals surface area contributed by atoms with Crippen LogP contribution in [0, 0.1) is 23.5 Å². The summed E-state index contributed by atoms with van der Waals surface area (Å²) in [4.78, 5) is 18.3. The largest absolute Gasteiger partial charge is 0.497 e. The Balaban J connectivity index is 1.34. The van der Waals surface area contributed by atoms with Gasteiger partial charge >= 0.3 is 5.97 Å². The highest BCUT2D eigenvalue weighted by atomic mass is 19.1. The van der Waals surface area contributed by atoms with Gasteiger partial charge in [-0.2, -0.15) is 0 Å².